The van der Waals surface area contributed by atoms with E-state index < -0.39 is 0 Å². The van der Waals surface area contributed by atoms with Gasteiger partial charge in [-0.3, -0.25) is 0 Å². The van der Waals surface area contributed by atoms with Crippen molar-refractivity contribution in [3.63, 3.8) is 0 Å². The van der Waals surface area contributed by atoms with Crippen LogP contribution in [0, 0.1) is 12.8 Å². The van der Waals surface area contributed by atoms with Gasteiger partial charge in [0.05, 0.1) is 7.11 Å². The zero-order chi connectivity index (χ0) is 16.9. The fraction of sp³-hybridized carbons (Fsp3) is 0.619. The molecule has 0 bridgehead atoms. The summed E-state index contributed by atoms with van der Waals surface area (Å²) in [6.07, 6.45) is 6.01. The van der Waals surface area contributed by atoms with E-state index in [1.807, 2.05) is 0 Å². The maximum Gasteiger partial charge on any atom is 0.163 e. The summed E-state index contributed by atoms with van der Waals surface area (Å²) in [5.74, 6) is 3.20. The lowest BCUT2D eigenvalue weighted by Gasteiger charge is -2.43. The first-order valence-corrected chi connectivity index (χ1v) is 8.95. The summed E-state index contributed by atoms with van der Waals surface area (Å²) in [5, 5.41) is 10.9. The number of phenolic OH excluding ortho intramolecular Hbond substituents is 1. The summed E-state index contributed by atoms with van der Waals surface area (Å²) >= 11 is 0. The van der Waals surface area contributed by atoms with Crippen molar-refractivity contribution in [1.29, 1.82) is 0 Å². The van der Waals surface area contributed by atoms with Crippen molar-refractivity contribution < 1.29 is 9.84 Å². The van der Waals surface area contributed by atoms with E-state index in [4.69, 9.17) is 4.74 Å². The van der Waals surface area contributed by atoms with Gasteiger partial charge in [-0.25, -0.2) is 0 Å². The Morgan fingerprint density at radius 3 is 2.43 bits per heavy atom. The minimum absolute atomic E-state index is 0.394. The van der Waals surface area contributed by atoms with Gasteiger partial charge >= 0.3 is 0 Å². The molecule has 0 fully saturated rings. The van der Waals surface area contributed by atoms with Crippen LogP contribution in [0.5, 0.6) is 11.5 Å². The summed E-state index contributed by atoms with van der Waals surface area (Å²) < 4.78 is 5.60. The van der Waals surface area contributed by atoms with Crippen LogP contribution < -0.4 is 4.74 Å². The molecule has 0 saturated carbocycles. The molecule has 1 aromatic carbocycles. The molecule has 0 spiro atoms. The van der Waals surface area contributed by atoms with Crippen LogP contribution in [0.15, 0.2) is 11.6 Å². The highest BCUT2D eigenvalue weighted by Gasteiger charge is 2.40. The lowest BCUT2D eigenvalue weighted by atomic mass is 9.62. The van der Waals surface area contributed by atoms with Crippen molar-refractivity contribution in [3.05, 3.63) is 33.9 Å². The lowest BCUT2D eigenvalue weighted by Crippen LogP contribution is -2.28. The summed E-state index contributed by atoms with van der Waals surface area (Å²) in [4.78, 5) is 0. The first-order chi connectivity index (χ1) is 10.9. The SMILES string of the molecule is COc1c(C)c2c3c(c1O)[C@@H](C)CC[C@@H]3[C@@H](C)C[C@H]2C=C(C)C. The second kappa shape index (κ2) is 5.89. The molecule has 1 N–H and O–H groups in total. The number of allylic oxidation sites excluding steroid dienone is 2. The zero-order valence-electron chi connectivity index (χ0n) is 15.4. The Morgan fingerprint density at radius 1 is 1.13 bits per heavy atom. The van der Waals surface area contributed by atoms with Gasteiger partial charge < -0.3 is 9.84 Å². The molecule has 2 nitrogen and oxygen atoms in total. The Balaban J connectivity index is 2.35. The molecule has 0 aliphatic heterocycles. The van der Waals surface area contributed by atoms with Gasteiger partial charge in [0.15, 0.2) is 11.5 Å². The second-order valence-electron chi connectivity index (χ2n) is 7.90. The largest absolute Gasteiger partial charge is 0.504 e. The Bertz CT molecular complexity index is 653. The van der Waals surface area contributed by atoms with Gasteiger partial charge in [-0.1, -0.05) is 25.5 Å². The molecule has 2 heteroatoms. The van der Waals surface area contributed by atoms with Crippen LogP contribution in [0.3, 0.4) is 0 Å². The number of rotatable bonds is 2. The minimum Gasteiger partial charge on any atom is -0.504 e. The molecule has 4 atom stereocenters. The highest BCUT2D eigenvalue weighted by atomic mass is 16.5. The number of benzene rings is 1. The van der Waals surface area contributed by atoms with E-state index >= 15 is 0 Å². The molecule has 2 aliphatic rings. The minimum atomic E-state index is 0.394. The number of phenols is 1. The van der Waals surface area contributed by atoms with Gasteiger partial charge in [-0.2, -0.15) is 0 Å². The van der Waals surface area contributed by atoms with Crippen LogP contribution in [-0.4, -0.2) is 12.2 Å². The van der Waals surface area contributed by atoms with Gasteiger partial charge in [0.25, 0.3) is 0 Å². The third kappa shape index (κ3) is 2.47. The summed E-state index contributed by atoms with van der Waals surface area (Å²) in [7, 11) is 1.67. The van der Waals surface area contributed by atoms with Crippen molar-refractivity contribution in [2.24, 2.45) is 5.92 Å². The molecular weight excluding hydrogens is 284 g/mol. The molecule has 0 saturated heterocycles. The predicted molar refractivity (Wildman–Crippen MR) is 95.7 cm³/mol. The predicted octanol–water partition coefficient (Wildman–Crippen LogP) is 5.78. The molecule has 0 heterocycles. The average molecular weight is 314 g/mol. The molecule has 23 heavy (non-hydrogen) atoms. The fourth-order valence-electron chi connectivity index (χ4n) is 5.05. The van der Waals surface area contributed by atoms with Crippen molar-refractivity contribution in [3.8, 4) is 11.5 Å². The fourth-order valence-corrected chi connectivity index (χ4v) is 5.05. The average Bonchev–Trinajstić information content (AvgIpc) is 2.46. The summed E-state index contributed by atoms with van der Waals surface area (Å²) in [6.45, 7) is 11.1. The molecule has 0 amide bonds. The van der Waals surface area contributed by atoms with Crippen LogP contribution >= 0.6 is 0 Å². The molecule has 1 aromatic rings. The zero-order valence-corrected chi connectivity index (χ0v) is 15.4. The van der Waals surface area contributed by atoms with Crippen molar-refractivity contribution >= 4 is 0 Å². The van der Waals surface area contributed by atoms with E-state index in [-0.39, 0.29) is 0 Å². The third-order valence-electron chi connectivity index (χ3n) is 5.99. The monoisotopic (exact) mass is 314 g/mol. The molecule has 126 valence electrons. The molecule has 0 radical (unpaired) electrons. The van der Waals surface area contributed by atoms with Gasteiger partial charge in [0.2, 0.25) is 0 Å². The maximum atomic E-state index is 10.9. The summed E-state index contributed by atoms with van der Waals surface area (Å²) in [6, 6.07) is 0. The van der Waals surface area contributed by atoms with E-state index in [2.05, 4.69) is 40.7 Å². The maximum absolute atomic E-state index is 10.9. The first-order valence-electron chi connectivity index (χ1n) is 8.95. The van der Waals surface area contributed by atoms with Crippen molar-refractivity contribution in [2.75, 3.05) is 7.11 Å². The van der Waals surface area contributed by atoms with Crippen molar-refractivity contribution in [1.82, 2.24) is 0 Å². The van der Waals surface area contributed by atoms with Crippen LogP contribution in [0.4, 0.5) is 0 Å². The number of ether oxygens (including phenoxy) is 1. The van der Waals surface area contributed by atoms with Gasteiger partial charge in [0, 0.05) is 11.5 Å². The Hall–Kier alpha value is -1.44. The first kappa shape index (κ1) is 16.4. The Labute approximate surface area is 140 Å². The molecule has 0 aromatic heterocycles. The van der Waals surface area contributed by atoms with E-state index in [1.54, 1.807) is 7.11 Å². The Morgan fingerprint density at radius 2 is 1.83 bits per heavy atom. The quantitative estimate of drug-likeness (QED) is 0.701. The van der Waals surface area contributed by atoms with Crippen LogP contribution in [0.25, 0.3) is 0 Å². The lowest BCUT2D eigenvalue weighted by molar-refractivity contribution is 0.314. The molecule has 2 aliphatic carbocycles. The van der Waals surface area contributed by atoms with Gasteiger partial charge in [-0.05, 0) is 74.5 Å². The van der Waals surface area contributed by atoms with Gasteiger partial charge in [0.1, 0.15) is 0 Å². The van der Waals surface area contributed by atoms with Crippen LogP contribution in [0.2, 0.25) is 0 Å². The van der Waals surface area contributed by atoms with E-state index in [1.165, 1.54) is 29.5 Å². The number of hydrogen-bond acceptors (Lipinski definition) is 2. The van der Waals surface area contributed by atoms with Crippen molar-refractivity contribution in [2.45, 2.75) is 71.6 Å². The molecule has 0 unspecified atom stereocenters. The summed E-state index contributed by atoms with van der Waals surface area (Å²) in [5.41, 5.74) is 6.55. The van der Waals surface area contributed by atoms with E-state index in [0.29, 0.717) is 35.2 Å². The number of methoxy groups -OCH3 is 1. The normalized spacial score (nSPS) is 29.0. The van der Waals surface area contributed by atoms with E-state index in [0.717, 1.165) is 17.5 Å². The topological polar surface area (TPSA) is 29.5 Å². The highest BCUT2D eigenvalue weighted by Crippen LogP contribution is 2.57. The highest BCUT2D eigenvalue weighted by molar-refractivity contribution is 5.64. The van der Waals surface area contributed by atoms with Gasteiger partial charge in [-0.15, -0.1) is 0 Å². The number of hydrogen-bond donors (Lipinski definition) is 1. The molecule has 3 rings (SSSR count). The number of aromatic hydroxyl groups is 1. The van der Waals surface area contributed by atoms with Crippen LogP contribution in [0.1, 0.15) is 87.0 Å². The van der Waals surface area contributed by atoms with Crippen LogP contribution in [-0.2, 0) is 0 Å². The Kier molecular flexibility index (Phi) is 4.20. The second-order valence-corrected chi connectivity index (χ2v) is 7.90. The van der Waals surface area contributed by atoms with E-state index in [9.17, 15) is 5.11 Å². The third-order valence-corrected chi connectivity index (χ3v) is 5.99. The smallest absolute Gasteiger partial charge is 0.163 e. The molecular formula is C21H30O2. The standard InChI is InChI=1S/C21H30O2/c1-11(2)9-15-10-13(4)16-8-7-12(3)17-19(16)18(15)14(5)21(23-6)20(17)22/h9,12-13,15-16,22H,7-8,10H2,1-6H3/t12-,13-,15+,16+/m0/s1.